The Morgan fingerprint density at radius 1 is 0.952 bits per heavy atom. The van der Waals surface area contributed by atoms with Gasteiger partial charge in [-0.15, -0.1) is 0 Å². The van der Waals surface area contributed by atoms with Crippen LogP contribution in [-0.4, -0.2) is 173 Å². The van der Waals surface area contributed by atoms with Crippen LogP contribution in [0, 0.1) is 114 Å². The number of H-pyrrole nitrogens is 2. The molecule has 0 radical (unpaired) electrons. The van der Waals surface area contributed by atoms with E-state index in [0.29, 0.717) is 88.7 Å². The summed E-state index contributed by atoms with van der Waals surface area (Å²) < 4.78 is 13.0. The lowest BCUT2D eigenvalue weighted by atomic mass is 9.19. The maximum atomic E-state index is 16.1. The number of carboxylic acid groups (broad SMARTS) is 1. The largest absolute Gasteiger partial charge is 0.481 e. The van der Waals surface area contributed by atoms with E-state index in [0.717, 1.165) is 16.8 Å². The van der Waals surface area contributed by atoms with Crippen LogP contribution in [0.4, 0.5) is 5.82 Å². The Morgan fingerprint density at radius 3 is 2.46 bits per heavy atom. The van der Waals surface area contributed by atoms with Crippen molar-refractivity contribution in [2.75, 3.05) is 45.3 Å². The number of carboxylic acids is 1. The molecule has 8 fully saturated rings. The number of aliphatic hydroxyl groups excluding tert-OH is 8. The van der Waals surface area contributed by atoms with Gasteiger partial charge in [-0.2, -0.15) is 0 Å². The fourth-order valence-corrected chi connectivity index (χ4v) is 23.8. The van der Waals surface area contributed by atoms with E-state index in [1.807, 2.05) is 6.92 Å². The standard InChI is InChI=1S/C63H88N8O13/c1-56(25-72)15-16-61(55(81)82)36(20-56)34-18-30-9-8-29-7-6-12-60(29)43(45(71-54(60)80)42(39-23-66-27-68-39)46(75)33(21-65-5)51(64)79)32-17-31-10-14-62(34,35-19-38-52(70-28-69-38)67-22-37(35)61)58(3)13-11-41-57(2,26-73)50(48(77)44(32)59(41,4)63(30,31)58)84-53-49(78)47(76)40(74)24-83-53/h17-18,23,27-30,32-33,35-37,40-51,53,65,67,72-79H,6-7,10-16,19-22,24-26,64H2,1-5H3,(H,66,68)(H,69,70)(H,71,80)(H,81,82). The fourth-order valence-electron chi connectivity index (χ4n) is 23.8. The number of anilines is 1. The molecule has 21 heteroatoms. The summed E-state index contributed by atoms with van der Waals surface area (Å²) in [5, 5.41) is 118. The summed E-state index contributed by atoms with van der Waals surface area (Å²) in [7, 11) is 1.72. The van der Waals surface area contributed by atoms with Crippen molar-refractivity contribution in [2.45, 2.75) is 159 Å². The predicted octanol–water partition coefficient (Wildman–Crippen LogP) is 1.51. The first-order valence-electron chi connectivity index (χ1n) is 31.3. The zero-order valence-corrected chi connectivity index (χ0v) is 48.9. The van der Waals surface area contributed by atoms with E-state index in [4.69, 9.17) is 20.2 Å². The number of aromatic amines is 2. The van der Waals surface area contributed by atoms with Gasteiger partial charge in [-0.05, 0) is 117 Å². The summed E-state index contributed by atoms with van der Waals surface area (Å²) in [6, 6.07) is -0.861. The molecular weight excluding hydrogens is 1080 g/mol. The lowest BCUT2D eigenvalue weighted by Gasteiger charge is -2.84. The molecule has 21 nitrogen and oxygen atoms in total. The van der Waals surface area contributed by atoms with Crippen LogP contribution in [0.25, 0.3) is 0 Å². The van der Waals surface area contributed by atoms with Gasteiger partial charge >= 0.3 is 5.97 Å². The highest BCUT2D eigenvalue weighted by molar-refractivity contribution is 5.88. The number of nitrogens with two attached hydrogens (primary N) is 1. The number of fused-ring (bicyclic) bond motifs is 5. The van der Waals surface area contributed by atoms with E-state index >= 15 is 4.79 Å². The molecule has 458 valence electrons. The van der Waals surface area contributed by atoms with E-state index in [2.05, 4.69) is 75.7 Å². The number of aromatic nitrogens is 4. The Hall–Kier alpha value is -4.28. The molecule has 0 aromatic carbocycles. The average molecular weight is 1170 g/mol. The molecule has 84 heavy (non-hydrogen) atoms. The lowest BCUT2D eigenvalue weighted by Crippen LogP contribution is -2.82. The van der Waals surface area contributed by atoms with E-state index in [-0.39, 0.29) is 37.5 Å². The van der Waals surface area contributed by atoms with Gasteiger partial charge in [-0.25, -0.2) is 9.97 Å². The monoisotopic (exact) mass is 1160 g/mol. The number of nitrogens with zero attached hydrogens (tertiary/aromatic N) is 2. The number of aliphatic hydroxyl groups is 8. The van der Waals surface area contributed by atoms with Crippen molar-refractivity contribution in [3.05, 3.63) is 53.5 Å². The average Bonchev–Trinajstić information content (AvgIpc) is 0.662. The minimum atomic E-state index is -1.72. The second kappa shape index (κ2) is 19.4. The van der Waals surface area contributed by atoms with Gasteiger partial charge in [0, 0.05) is 89.4 Å². The van der Waals surface area contributed by atoms with Gasteiger partial charge in [0.15, 0.2) is 6.29 Å². The minimum Gasteiger partial charge on any atom is -0.481 e. The Kier molecular flexibility index (Phi) is 13.2. The van der Waals surface area contributed by atoms with Gasteiger partial charge in [-0.1, -0.05) is 69.3 Å². The third-order valence-corrected chi connectivity index (χ3v) is 26.9. The summed E-state index contributed by atoms with van der Waals surface area (Å²) in [5.41, 5.74) is 2.39. The van der Waals surface area contributed by atoms with Crippen molar-refractivity contribution in [3.8, 4) is 11.8 Å². The molecule has 6 saturated carbocycles. The van der Waals surface area contributed by atoms with Gasteiger partial charge in [0.1, 0.15) is 30.4 Å². The molecule has 28 atom stereocenters. The molecule has 3 aliphatic heterocycles. The fraction of sp³-hybridized carbons (Fsp3) is 0.778. The van der Waals surface area contributed by atoms with E-state index in [1.165, 1.54) is 6.33 Å². The number of allylic oxidation sites excluding steroid dienone is 4. The summed E-state index contributed by atoms with van der Waals surface area (Å²) in [5.74, 6) is 0.975. The molecule has 1 amide bonds. The topological polar surface area (TPSA) is 354 Å². The number of hydrogen-bond donors (Lipinski definition) is 15. The number of nitrogens with one attached hydrogen (secondary N) is 5. The lowest BCUT2D eigenvalue weighted by molar-refractivity contribution is -0.365. The van der Waals surface area contributed by atoms with Crippen LogP contribution >= 0.6 is 0 Å². The predicted molar refractivity (Wildman–Crippen MR) is 302 cm³/mol. The first-order valence-corrected chi connectivity index (χ1v) is 31.3. The maximum absolute atomic E-state index is 16.1. The molecule has 10 aliphatic carbocycles. The Balaban J connectivity index is 1.07. The van der Waals surface area contributed by atoms with Crippen molar-refractivity contribution >= 4 is 17.7 Å². The van der Waals surface area contributed by atoms with Crippen molar-refractivity contribution in [1.82, 2.24) is 30.6 Å². The van der Waals surface area contributed by atoms with Crippen LogP contribution in [0.3, 0.4) is 0 Å². The van der Waals surface area contributed by atoms with E-state index in [9.17, 15) is 50.8 Å². The number of ether oxygens (including phenoxy) is 2. The van der Waals surface area contributed by atoms with Gasteiger partial charge < -0.3 is 87.1 Å². The van der Waals surface area contributed by atoms with Crippen LogP contribution < -0.4 is 21.7 Å². The highest BCUT2D eigenvalue weighted by Gasteiger charge is 2.87. The van der Waals surface area contributed by atoms with Crippen LogP contribution in [0.1, 0.15) is 109 Å². The molecule has 5 heterocycles. The van der Waals surface area contributed by atoms with E-state index < -0.39 is 164 Å². The summed E-state index contributed by atoms with van der Waals surface area (Å²) >= 11 is 0. The number of carbonyl (C=O) groups excluding carboxylic acids is 1. The molecule has 3 spiro atoms. The first kappa shape index (κ1) is 57.5. The number of hydrogen-bond acceptors (Lipinski definition) is 17. The Bertz CT molecular complexity index is 3090. The van der Waals surface area contributed by atoms with Gasteiger partial charge in [0.05, 0.1) is 60.7 Å². The zero-order valence-electron chi connectivity index (χ0n) is 48.9. The summed E-state index contributed by atoms with van der Waals surface area (Å²) in [6.07, 6.45) is 3.80. The molecular formula is C63H88N8O13. The highest BCUT2D eigenvalue weighted by atomic mass is 16.7. The van der Waals surface area contributed by atoms with Crippen molar-refractivity contribution in [1.29, 1.82) is 0 Å². The summed E-state index contributed by atoms with van der Waals surface area (Å²) in [4.78, 5) is 46.9. The Labute approximate surface area is 489 Å². The van der Waals surface area contributed by atoms with Crippen molar-refractivity contribution in [2.24, 2.45) is 108 Å². The van der Waals surface area contributed by atoms with Crippen molar-refractivity contribution in [3.63, 3.8) is 0 Å². The number of imidazole rings is 2. The number of rotatable bonds is 12. The quantitative estimate of drug-likeness (QED) is 0.0620. The molecule has 2 aromatic rings. The van der Waals surface area contributed by atoms with Gasteiger partial charge in [-0.3, -0.25) is 9.59 Å². The van der Waals surface area contributed by atoms with Crippen LogP contribution in [0.15, 0.2) is 42.1 Å². The second-order valence-corrected chi connectivity index (χ2v) is 29.5. The first-order chi connectivity index (χ1) is 40.1. The molecule has 16 N–H and O–H groups in total. The smallest absolute Gasteiger partial charge is 0.310 e. The Morgan fingerprint density at radius 2 is 1.75 bits per heavy atom. The minimum absolute atomic E-state index is 0.0982. The molecule has 3 bridgehead atoms. The molecule has 15 rings (SSSR count). The van der Waals surface area contributed by atoms with Crippen molar-refractivity contribution < 1.29 is 65.0 Å². The van der Waals surface area contributed by atoms with Gasteiger partial charge in [0.2, 0.25) is 5.91 Å². The third-order valence-electron chi connectivity index (χ3n) is 26.9. The van der Waals surface area contributed by atoms with E-state index in [1.54, 1.807) is 19.6 Å². The number of amides is 1. The van der Waals surface area contributed by atoms with Crippen LogP contribution in [0.2, 0.25) is 0 Å². The van der Waals surface area contributed by atoms with Gasteiger partial charge in [0.25, 0.3) is 0 Å². The number of aliphatic carboxylic acids is 1. The maximum Gasteiger partial charge on any atom is 0.310 e. The molecule has 13 aliphatic rings. The molecule has 2 saturated heterocycles. The third kappa shape index (κ3) is 6.83. The highest BCUT2D eigenvalue weighted by Crippen LogP contribution is 2.90. The second-order valence-electron chi connectivity index (χ2n) is 29.5. The van der Waals surface area contributed by atoms with Crippen LogP contribution in [-0.2, 0) is 25.5 Å². The zero-order chi connectivity index (χ0) is 59.2. The number of carbonyl (C=O) groups is 2. The SMILES string of the molecule is CNCC(C(N)O)C(O)C(c1cnc[nH]1)C1NC(=O)C23CCCC2C#CC2C=C4C5CC(C)(CO)CCC5(C(=O)O)C5CNc6nc[nH]c6CC5C45CCC4=CC(C13)C1C(O)C(OC3OCC(O)C(O)C3O)C(C)(CO)C3CCC5(C)C42C13C. The summed E-state index contributed by atoms with van der Waals surface area (Å²) in [6.45, 7) is 8.40. The van der Waals surface area contributed by atoms with Crippen LogP contribution in [0.5, 0.6) is 0 Å². The normalized spacial score (nSPS) is 50.5. The molecule has 2 aromatic heterocycles. The molecule has 28 unspecified atom stereocenters.